The number of hydrogen-bond acceptors (Lipinski definition) is 4. The van der Waals surface area contributed by atoms with E-state index in [-0.39, 0.29) is 6.04 Å². The van der Waals surface area contributed by atoms with Crippen molar-refractivity contribution < 1.29 is 0 Å². The summed E-state index contributed by atoms with van der Waals surface area (Å²) in [5.74, 6) is 5.70. The Balaban J connectivity index is 1.90. The normalized spacial score (nSPS) is 12.7. The second-order valence-corrected chi connectivity index (χ2v) is 5.70. The van der Waals surface area contributed by atoms with Crippen LogP contribution in [0.25, 0.3) is 0 Å². The maximum atomic E-state index is 5.70. The van der Waals surface area contributed by atoms with Gasteiger partial charge >= 0.3 is 0 Å². The van der Waals surface area contributed by atoms with Crippen molar-refractivity contribution in [2.75, 3.05) is 0 Å². The molecule has 19 heavy (non-hydrogen) atoms. The highest BCUT2D eigenvalue weighted by atomic mass is 32.1. The fourth-order valence-corrected chi connectivity index (χ4v) is 3.04. The molecule has 0 amide bonds. The van der Waals surface area contributed by atoms with E-state index in [0.29, 0.717) is 0 Å². The highest BCUT2D eigenvalue weighted by molar-refractivity contribution is 7.09. The van der Waals surface area contributed by atoms with Gasteiger partial charge in [0.15, 0.2) is 0 Å². The summed E-state index contributed by atoms with van der Waals surface area (Å²) < 4.78 is 2.05. The Morgan fingerprint density at radius 2 is 2.37 bits per heavy atom. The molecule has 0 aromatic carbocycles. The van der Waals surface area contributed by atoms with Gasteiger partial charge in [-0.15, -0.1) is 11.3 Å². The van der Waals surface area contributed by atoms with Gasteiger partial charge in [-0.1, -0.05) is 13.0 Å². The Hall–Kier alpha value is -1.17. The lowest BCUT2D eigenvalue weighted by molar-refractivity contribution is 0.448. The van der Waals surface area contributed by atoms with E-state index in [4.69, 9.17) is 5.84 Å². The summed E-state index contributed by atoms with van der Waals surface area (Å²) in [6.45, 7) is 3.11. The van der Waals surface area contributed by atoms with Crippen LogP contribution in [0.3, 0.4) is 0 Å². The zero-order valence-electron chi connectivity index (χ0n) is 11.4. The number of aryl methyl sites for hydroxylation is 2. The predicted molar refractivity (Wildman–Crippen MR) is 79.8 cm³/mol. The first-order chi connectivity index (χ1) is 9.35. The molecule has 2 aromatic heterocycles. The fraction of sp³-hybridized carbons (Fsp3) is 0.500. The number of hydrazine groups is 1. The van der Waals surface area contributed by atoms with Crippen LogP contribution in [0.5, 0.6) is 0 Å². The van der Waals surface area contributed by atoms with E-state index in [1.807, 2.05) is 17.5 Å². The molecule has 1 atom stereocenters. The average molecular weight is 278 g/mol. The van der Waals surface area contributed by atoms with Crippen molar-refractivity contribution in [1.29, 1.82) is 0 Å². The smallest absolute Gasteiger partial charge is 0.0629 e. The van der Waals surface area contributed by atoms with E-state index in [9.17, 15) is 0 Å². The summed E-state index contributed by atoms with van der Waals surface area (Å²) in [7, 11) is 0. The monoisotopic (exact) mass is 278 g/mol. The van der Waals surface area contributed by atoms with Gasteiger partial charge in [-0.05, 0) is 43.2 Å². The molecule has 4 nitrogen and oxygen atoms in total. The molecule has 0 fully saturated rings. The van der Waals surface area contributed by atoms with E-state index in [2.05, 4.69) is 45.7 Å². The van der Waals surface area contributed by atoms with Crippen molar-refractivity contribution in [1.82, 2.24) is 15.2 Å². The zero-order chi connectivity index (χ0) is 13.5. The Bertz CT molecular complexity index is 464. The summed E-state index contributed by atoms with van der Waals surface area (Å²) in [5, 5.41) is 6.49. The lowest BCUT2D eigenvalue weighted by Gasteiger charge is -2.17. The Labute approximate surface area is 118 Å². The zero-order valence-corrected chi connectivity index (χ0v) is 12.2. The standard InChI is InChI=1S/C14H22N4S/c1-2-10-18-14(8-9-16-18)13(17-15)7-3-5-12-6-4-11-19-12/h4,6,8-9,11,13,17H,2-3,5,7,10,15H2,1H3. The third kappa shape index (κ3) is 3.89. The summed E-state index contributed by atoms with van der Waals surface area (Å²) in [4.78, 5) is 1.44. The van der Waals surface area contributed by atoms with Gasteiger partial charge in [-0.3, -0.25) is 16.0 Å². The Kier molecular flexibility index (Phi) is 5.57. The summed E-state index contributed by atoms with van der Waals surface area (Å²) in [6, 6.07) is 6.55. The highest BCUT2D eigenvalue weighted by Crippen LogP contribution is 2.20. The van der Waals surface area contributed by atoms with Crippen molar-refractivity contribution in [3.8, 4) is 0 Å². The Morgan fingerprint density at radius 3 is 3.05 bits per heavy atom. The van der Waals surface area contributed by atoms with Gasteiger partial charge in [0, 0.05) is 17.6 Å². The molecule has 0 aliphatic carbocycles. The van der Waals surface area contributed by atoms with E-state index < -0.39 is 0 Å². The lowest BCUT2D eigenvalue weighted by Crippen LogP contribution is -2.30. The van der Waals surface area contributed by atoms with Crippen LogP contribution in [0.2, 0.25) is 0 Å². The molecule has 1 unspecified atom stereocenters. The number of nitrogens with zero attached hydrogens (tertiary/aromatic N) is 2. The average Bonchev–Trinajstić information content (AvgIpc) is 3.07. The number of nitrogens with two attached hydrogens (primary N) is 1. The van der Waals surface area contributed by atoms with Gasteiger partial charge in [0.2, 0.25) is 0 Å². The molecule has 2 heterocycles. The predicted octanol–water partition coefficient (Wildman–Crippen LogP) is 2.88. The first-order valence-corrected chi connectivity index (χ1v) is 7.73. The van der Waals surface area contributed by atoms with Gasteiger partial charge in [0.1, 0.15) is 0 Å². The van der Waals surface area contributed by atoms with E-state index in [0.717, 1.165) is 32.2 Å². The van der Waals surface area contributed by atoms with Gasteiger partial charge in [0.25, 0.3) is 0 Å². The van der Waals surface area contributed by atoms with Gasteiger partial charge in [-0.25, -0.2) is 0 Å². The van der Waals surface area contributed by atoms with Crippen molar-refractivity contribution in [2.24, 2.45) is 5.84 Å². The maximum Gasteiger partial charge on any atom is 0.0629 e. The fourth-order valence-electron chi connectivity index (χ4n) is 2.29. The van der Waals surface area contributed by atoms with Crippen LogP contribution >= 0.6 is 11.3 Å². The molecule has 2 rings (SSSR count). The maximum absolute atomic E-state index is 5.70. The molecule has 104 valence electrons. The first kappa shape index (κ1) is 14.2. The second kappa shape index (κ2) is 7.43. The summed E-state index contributed by atoms with van der Waals surface area (Å²) in [6.07, 6.45) is 6.23. The molecule has 0 aliphatic heterocycles. The number of hydrogen-bond donors (Lipinski definition) is 2. The van der Waals surface area contributed by atoms with Crippen LogP contribution in [-0.2, 0) is 13.0 Å². The molecule has 3 N–H and O–H groups in total. The highest BCUT2D eigenvalue weighted by Gasteiger charge is 2.14. The lowest BCUT2D eigenvalue weighted by atomic mass is 10.1. The second-order valence-electron chi connectivity index (χ2n) is 4.67. The molecule has 5 heteroatoms. The SMILES string of the molecule is CCCn1nccc1C(CCCc1cccs1)NN. The van der Waals surface area contributed by atoms with Crippen LogP contribution < -0.4 is 11.3 Å². The molecule has 2 aromatic rings. The Morgan fingerprint density at radius 1 is 1.47 bits per heavy atom. The topological polar surface area (TPSA) is 55.9 Å². The minimum atomic E-state index is 0.189. The number of nitrogens with one attached hydrogen (secondary N) is 1. The number of aromatic nitrogens is 2. The van der Waals surface area contributed by atoms with Crippen LogP contribution in [0.1, 0.15) is 42.8 Å². The van der Waals surface area contributed by atoms with Crippen molar-refractivity contribution in [3.63, 3.8) is 0 Å². The molecular weight excluding hydrogens is 256 g/mol. The molecule has 0 radical (unpaired) electrons. The molecule has 0 aliphatic rings. The molecule has 0 spiro atoms. The third-order valence-corrected chi connectivity index (χ3v) is 4.18. The minimum Gasteiger partial charge on any atom is -0.271 e. The van der Waals surface area contributed by atoms with Gasteiger partial charge in [-0.2, -0.15) is 5.10 Å². The quantitative estimate of drug-likeness (QED) is 0.576. The first-order valence-electron chi connectivity index (χ1n) is 6.85. The van der Waals surface area contributed by atoms with Crippen molar-refractivity contribution >= 4 is 11.3 Å². The molecule has 0 saturated heterocycles. The van der Waals surface area contributed by atoms with Crippen molar-refractivity contribution in [2.45, 2.75) is 45.2 Å². The number of thiophene rings is 1. The van der Waals surface area contributed by atoms with E-state index in [1.165, 1.54) is 10.6 Å². The molecular formula is C14H22N4S. The molecule has 0 bridgehead atoms. The largest absolute Gasteiger partial charge is 0.271 e. The van der Waals surface area contributed by atoms with E-state index in [1.54, 1.807) is 0 Å². The van der Waals surface area contributed by atoms with Crippen LogP contribution in [0.4, 0.5) is 0 Å². The van der Waals surface area contributed by atoms with Gasteiger partial charge in [0.05, 0.1) is 11.7 Å². The van der Waals surface area contributed by atoms with Crippen molar-refractivity contribution in [3.05, 3.63) is 40.3 Å². The van der Waals surface area contributed by atoms with Crippen LogP contribution in [0.15, 0.2) is 29.8 Å². The van der Waals surface area contributed by atoms with Crippen LogP contribution in [-0.4, -0.2) is 9.78 Å². The third-order valence-electron chi connectivity index (χ3n) is 3.24. The van der Waals surface area contributed by atoms with E-state index >= 15 is 0 Å². The number of rotatable bonds is 8. The van der Waals surface area contributed by atoms with Crippen LogP contribution in [0, 0.1) is 0 Å². The minimum absolute atomic E-state index is 0.189. The molecule has 0 saturated carbocycles. The summed E-state index contributed by atoms with van der Waals surface area (Å²) >= 11 is 1.82. The van der Waals surface area contributed by atoms with Gasteiger partial charge < -0.3 is 0 Å². The summed E-state index contributed by atoms with van der Waals surface area (Å²) in [5.41, 5.74) is 4.12.